The molecule has 3 aliphatic carbocycles. The second-order valence-electron chi connectivity index (χ2n) is 11.6. The molecule has 220 valence electrons. The van der Waals surface area contributed by atoms with Crippen molar-refractivity contribution in [2.24, 2.45) is 22.2 Å². The van der Waals surface area contributed by atoms with Crippen molar-refractivity contribution in [1.29, 1.82) is 0 Å². The standard InChI is InChI=1S/C34H48N2O4.H2/c1-9-28(24-15-11-12-16-24)35-30(10-2)36-31(23(3)4)32(38-7)25-19-20-29(34(5,6)21-25)40-22-26-17-13-14-18-27(26)33(37)39-8;/h9-10,15,19-20,26-27,36H,1,3,11-14,16-18,21-22H2,2,4-8H3;1H/b30-10+,32-31+,35-28+;/t26-,27+;/m1./s1. The van der Waals surface area contributed by atoms with E-state index in [4.69, 9.17) is 19.2 Å². The molecule has 0 radical (unpaired) electrons. The summed E-state index contributed by atoms with van der Waals surface area (Å²) in [6.07, 6.45) is 18.2. The summed E-state index contributed by atoms with van der Waals surface area (Å²) in [5.74, 6) is 2.36. The van der Waals surface area contributed by atoms with E-state index >= 15 is 0 Å². The minimum atomic E-state index is -0.254. The molecule has 0 saturated heterocycles. The number of carbonyl (C=O) groups is 1. The molecule has 0 amide bonds. The van der Waals surface area contributed by atoms with E-state index in [0.29, 0.717) is 6.61 Å². The van der Waals surface area contributed by atoms with Crippen molar-refractivity contribution in [2.45, 2.75) is 79.1 Å². The van der Waals surface area contributed by atoms with Crippen molar-refractivity contribution in [2.75, 3.05) is 20.8 Å². The molecule has 1 N–H and O–H groups in total. The minimum absolute atomic E-state index is 0. The molecule has 40 heavy (non-hydrogen) atoms. The van der Waals surface area contributed by atoms with Gasteiger partial charge in [0.05, 0.1) is 38.2 Å². The Kier molecular flexibility index (Phi) is 11.2. The number of methoxy groups -OCH3 is 2. The number of aliphatic imine (C=N–C) groups is 1. The quantitative estimate of drug-likeness (QED) is 0.115. The third-order valence-electron chi connectivity index (χ3n) is 8.08. The first kappa shape index (κ1) is 31.3. The van der Waals surface area contributed by atoms with E-state index < -0.39 is 0 Å². The minimum Gasteiger partial charge on any atom is -0.497 e. The molecule has 0 aromatic rings. The largest absolute Gasteiger partial charge is 0.497 e. The van der Waals surface area contributed by atoms with Gasteiger partial charge in [-0.2, -0.15) is 0 Å². The van der Waals surface area contributed by atoms with Gasteiger partial charge >= 0.3 is 5.97 Å². The highest BCUT2D eigenvalue weighted by molar-refractivity contribution is 6.08. The molecular formula is C34H50N2O4. The molecule has 0 bridgehead atoms. The van der Waals surface area contributed by atoms with Crippen LogP contribution in [-0.2, 0) is 19.0 Å². The van der Waals surface area contributed by atoms with Crippen LogP contribution in [0.2, 0.25) is 0 Å². The third-order valence-corrected chi connectivity index (χ3v) is 8.08. The van der Waals surface area contributed by atoms with E-state index in [1.165, 1.54) is 12.7 Å². The zero-order valence-corrected chi connectivity index (χ0v) is 25.4. The molecule has 0 aromatic heterocycles. The fourth-order valence-electron chi connectivity index (χ4n) is 5.81. The van der Waals surface area contributed by atoms with Gasteiger partial charge in [0.15, 0.2) is 0 Å². The molecule has 6 heteroatoms. The fraction of sp³-hybridized carbons (Fsp3) is 0.529. The highest BCUT2D eigenvalue weighted by Crippen LogP contribution is 2.42. The van der Waals surface area contributed by atoms with Crippen LogP contribution in [0.5, 0.6) is 0 Å². The molecule has 2 atom stereocenters. The lowest BCUT2D eigenvalue weighted by atomic mass is 9.78. The average molecular weight is 551 g/mol. The van der Waals surface area contributed by atoms with Crippen LogP contribution in [0.25, 0.3) is 0 Å². The van der Waals surface area contributed by atoms with Gasteiger partial charge in [-0.05, 0) is 87.3 Å². The second kappa shape index (κ2) is 14.4. The van der Waals surface area contributed by atoms with Gasteiger partial charge in [0.25, 0.3) is 0 Å². The molecule has 3 aliphatic rings. The highest BCUT2D eigenvalue weighted by atomic mass is 16.5. The smallest absolute Gasteiger partial charge is 0.309 e. The van der Waals surface area contributed by atoms with Gasteiger partial charge in [0, 0.05) is 12.8 Å². The predicted octanol–water partition coefficient (Wildman–Crippen LogP) is 8.09. The molecule has 1 fully saturated rings. The summed E-state index contributed by atoms with van der Waals surface area (Å²) in [5.41, 5.74) is 4.58. The Hall–Kier alpha value is -3.28. The van der Waals surface area contributed by atoms with E-state index in [1.54, 1.807) is 7.11 Å². The summed E-state index contributed by atoms with van der Waals surface area (Å²) in [5, 5.41) is 3.48. The van der Waals surface area contributed by atoms with Crippen LogP contribution < -0.4 is 5.32 Å². The van der Waals surface area contributed by atoms with Gasteiger partial charge in [0.1, 0.15) is 17.3 Å². The molecule has 3 rings (SSSR count). The van der Waals surface area contributed by atoms with Crippen LogP contribution in [0.3, 0.4) is 0 Å². The summed E-state index contributed by atoms with van der Waals surface area (Å²) in [4.78, 5) is 17.2. The Bertz CT molecular complexity index is 1170. The first-order chi connectivity index (χ1) is 19.1. The van der Waals surface area contributed by atoms with Crippen molar-refractivity contribution in [3.05, 3.63) is 83.3 Å². The summed E-state index contributed by atoms with van der Waals surface area (Å²) in [6, 6.07) is 0. The molecule has 0 aliphatic heterocycles. The normalized spacial score (nSPS) is 23.7. The summed E-state index contributed by atoms with van der Waals surface area (Å²) >= 11 is 0. The summed E-state index contributed by atoms with van der Waals surface area (Å²) in [6.45, 7) is 17.0. The second-order valence-corrected chi connectivity index (χ2v) is 11.6. The van der Waals surface area contributed by atoms with E-state index in [-0.39, 0.29) is 24.6 Å². The van der Waals surface area contributed by atoms with E-state index in [1.807, 2.05) is 32.1 Å². The summed E-state index contributed by atoms with van der Waals surface area (Å²) < 4.78 is 17.4. The van der Waals surface area contributed by atoms with Gasteiger partial charge in [-0.3, -0.25) is 4.79 Å². The highest BCUT2D eigenvalue weighted by Gasteiger charge is 2.35. The molecule has 0 aromatic carbocycles. The van der Waals surface area contributed by atoms with E-state index in [2.05, 4.69) is 44.5 Å². The van der Waals surface area contributed by atoms with Gasteiger partial charge in [-0.15, -0.1) is 0 Å². The van der Waals surface area contributed by atoms with Gasteiger partial charge in [-0.25, -0.2) is 4.99 Å². The van der Waals surface area contributed by atoms with Crippen LogP contribution in [0.15, 0.2) is 88.3 Å². The number of allylic oxidation sites excluding steroid dienone is 9. The lowest BCUT2D eigenvalue weighted by Crippen LogP contribution is -2.32. The van der Waals surface area contributed by atoms with Crippen LogP contribution >= 0.6 is 0 Å². The zero-order valence-electron chi connectivity index (χ0n) is 25.4. The maximum absolute atomic E-state index is 12.3. The number of nitrogens with zero attached hydrogens (tertiary/aromatic N) is 1. The number of carbonyl (C=O) groups excluding carboxylic acids is 1. The predicted molar refractivity (Wildman–Crippen MR) is 165 cm³/mol. The lowest BCUT2D eigenvalue weighted by molar-refractivity contribution is -0.149. The van der Waals surface area contributed by atoms with E-state index in [0.717, 1.165) is 91.3 Å². The topological polar surface area (TPSA) is 69.2 Å². The number of nitrogens with one attached hydrogen (secondary N) is 1. The van der Waals surface area contributed by atoms with Crippen molar-refractivity contribution >= 4 is 11.7 Å². The Morgan fingerprint density at radius 1 is 1.18 bits per heavy atom. The van der Waals surface area contributed by atoms with Crippen molar-refractivity contribution < 1.29 is 20.4 Å². The third kappa shape index (κ3) is 7.67. The SMILES string of the molecule is C=C/C(=N\C(=C/C)N/C(C(=C)C)=C(/OC)C1=CC=C(OC[C@H]2CCCC[C@@H]2C(=O)OC)C(C)(C)C1)C1=CCCC1.[HH]. The average Bonchev–Trinajstić information content (AvgIpc) is 3.48. The number of rotatable bonds is 12. The van der Waals surface area contributed by atoms with Crippen LogP contribution in [0.4, 0.5) is 0 Å². The summed E-state index contributed by atoms with van der Waals surface area (Å²) in [7, 11) is 3.16. The maximum atomic E-state index is 12.3. The Labute approximate surface area is 242 Å². The zero-order chi connectivity index (χ0) is 29.3. The first-order valence-electron chi connectivity index (χ1n) is 14.6. The number of hydrogen-bond acceptors (Lipinski definition) is 6. The number of ether oxygens (including phenoxy) is 3. The maximum Gasteiger partial charge on any atom is 0.309 e. The van der Waals surface area contributed by atoms with Crippen molar-refractivity contribution in [3.63, 3.8) is 0 Å². The van der Waals surface area contributed by atoms with Crippen molar-refractivity contribution in [1.82, 2.24) is 5.32 Å². The van der Waals surface area contributed by atoms with Crippen molar-refractivity contribution in [3.8, 4) is 0 Å². The van der Waals surface area contributed by atoms with Crippen LogP contribution in [0.1, 0.15) is 80.5 Å². The lowest BCUT2D eigenvalue weighted by Gasteiger charge is -2.35. The Morgan fingerprint density at radius 2 is 1.93 bits per heavy atom. The molecular weight excluding hydrogens is 500 g/mol. The van der Waals surface area contributed by atoms with Gasteiger partial charge < -0.3 is 19.5 Å². The first-order valence-corrected chi connectivity index (χ1v) is 14.6. The molecule has 0 heterocycles. The molecule has 1 saturated carbocycles. The van der Waals surface area contributed by atoms with Gasteiger partial charge in [-0.1, -0.05) is 52.0 Å². The Morgan fingerprint density at radius 3 is 2.50 bits per heavy atom. The van der Waals surface area contributed by atoms with E-state index in [9.17, 15) is 4.79 Å². The van der Waals surface area contributed by atoms with Gasteiger partial charge in [0.2, 0.25) is 0 Å². The number of hydrogen-bond donors (Lipinski definition) is 1. The molecule has 0 spiro atoms. The van der Waals surface area contributed by atoms with Crippen LogP contribution in [-0.4, -0.2) is 32.5 Å². The Balaban J connectivity index is 0.00000588. The van der Waals surface area contributed by atoms with Crippen LogP contribution in [0, 0.1) is 17.3 Å². The monoisotopic (exact) mass is 550 g/mol. The fourth-order valence-corrected chi connectivity index (χ4v) is 5.81. The molecule has 6 nitrogen and oxygen atoms in total. The number of esters is 1. The molecule has 0 unspecified atom stereocenters.